The fourth-order valence-electron chi connectivity index (χ4n) is 4.71. The summed E-state index contributed by atoms with van der Waals surface area (Å²) < 4.78 is 31.5. The molecule has 0 saturated carbocycles. The Labute approximate surface area is 179 Å². The highest BCUT2D eigenvalue weighted by Gasteiger charge is 2.45. The van der Waals surface area contributed by atoms with E-state index in [0.29, 0.717) is 51.7 Å². The van der Waals surface area contributed by atoms with Crippen LogP contribution in [-0.4, -0.2) is 68.5 Å². The Morgan fingerprint density at radius 2 is 1.80 bits per heavy atom. The van der Waals surface area contributed by atoms with Gasteiger partial charge in [-0.05, 0) is 37.7 Å². The van der Waals surface area contributed by atoms with Crippen molar-refractivity contribution in [1.29, 1.82) is 0 Å². The number of esters is 1. The van der Waals surface area contributed by atoms with Crippen LogP contribution in [0.15, 0.2) is 30.3 Å². The number of methoxy groups -OCH3 is 1. The molecule has 2 aliphatic rings. The van der Waals surface area contributed by atoms with Gasteiger partial charge in [-0.15, -0.1) is 0 Å². The standard InChI is InChI=1S/C22H32N2O5S/c1-3-16-30(27,28)24-13-7-8-18(17-24)20(25)23-14-11-22(12-15-23,21(26)29-2)19-9-5-4-6-10-19/h4-6,9-10,18H,3,7-8,11-17H2,1-2H3. The van der Waals surface area contributed by atoms with E-state index in [9.17, 15) is 18.0 Å². The average molecular weight is 437 g/mol. The zero-order valence-electron chi connectivity index (χ0n) is 17.9. The van der Waals surface area contributed by atoms with Gasteiger partial charge < -0.3 is 9.64 Å². The van der Waals surface area contributed by atoms with E-state index in [4.69, 9.17) is 4.74 Å². The van der Waals surface area contributed by atoms with Crippen molar-refractivity contribution < 1.29 is 22.7 Å². The van der Waals surface area contributed by atoms with Crippen LogP contribution in [0.1, 0.15) is 44.6 Å². The first-order valence-corrected chi connectivity index (χ1v) is 12.4. The van der Waals surface area contributed by atoms with Gasteiger partial charge in [0.1, 0.15) is 0 Å². The topological polar surface area (TPSA) is 84.0 Å². The molecule has 0 N–H and O–H groups in total. The van der Waals surface area contributed by atoms with E-state index in [2.05, 4.69) is 0 Å². The zero-order valence-corrected chi connectivity index (χ0v) is 18.7. The lowest BCUT2D eigenvalue weighted by Crippen LogP contribution is -2.53. The van der Waals surface area contributed by atoms with Crippen LogP contribution in [0.5, 0.6) is 0 Å². The van der Waals surface area contributed by atoms with Crippen LogP contribution < -0.4 is 0 Å². The Kier molecular flexibility index (Phi) is 7.18. The Balaban J connectivity index is 1.69. The summed E-state index contributed by atoms with van der Waals surface area (Å²) in [6.07, 6.45) is 2.97. The number of ether oxygens (including phenoxy) is 1. The lowest BCUT2D eigenvalue weighted by atomic mass is 9.72. The van der Waals surface area contributed by atoms with Crippen LogP contribution in [-0.2, 0) is 29.8 Å². The highest BCUT2D eigenvalue weighted by atomic mass is 32.2. The third kappa shape index (κ3) is 4.54. The van der Waals surface area contributed by atoms with Crippen LogP contribution in [0.25, 0.3) is 0 Å². The van der Waals surface area contributed by atoms with Crippen molar-refractivity contribution in [2.24, 2.45) is 5.92 Å². The first-order valence-electron chi connectivity index (χ1n) is 10.7. The third-order valence-corrected chi connectivity index (χ3v) is 8.46. The van der Waals surface area contributed by atoms with E-state index in [1.54, 1.807) is 4.90 Å². The molecule has 2 saturated heterocycles. The van der Waals surface area contributed by atoms with E-state index in [0.717, 1.165) is 5.56 Å². The fourth-order valence-corrected chi connectivity index (χ4v) is 6.30. The van der Waals surface area contributed by atoms with Gasteiger partial charge >= 0.3 is 5.97 Å². The molecule has 1 aromatic rings. The predicted molar refractivity (Wildman–Crippen MR) is 114 cm³/mol. The molecule has 1 amide bonds. The molecule has 0 bridgehead atoms. The number of hydrogen-bond acceptors (Lipinski definition) is 5. The van der Waals surface area contributed by atoms with Crippen molar-refractivity contribution >= 4 is 21.9 Å². The highest BCUT2D eigenvalue weighted by molar-refractivity contribution is 7.89. The summed E-state index contributed by atoms with van der Waals surface area (Å²) >= 11 is 0. The normalized spacial score (nSPS) is 22.5. The van der Waals surface area contributed by atoms with Crippen LogP contribution in [0.2, 0.25) is 0 Å². The summed E-state index contributed by atoms with van der Waals surface area (Å²) in [5.74, 6) is -0.461. The van der Waals surface area contributed by atoms with Gasteiger partial charge in [-0.3, -0.25) is 9.59 Å². The molecule has 7 nitrogen and oxygen atoms in total. The quantitative estimate of drug-likeness (QED) is 0.638. The van der Waals surface area contributed by atoms with Gasteiger partial charge in [0.25, 0.3) is 0 Å². The van der Waals surface area contributed by atoms with E-state index in [1.165, 1.54) is 11.4 Å². The second-order valence-corrected chi connectivity index (χ2v) is 10.4. The Bertz CT molecular complexity index is 848. The SMILES string of the molecule is CCCS(=O)(=O)N1CCCC(C(=O)N2CCC(C(=O)OC)(c3ccccc3)CC2)C1. The molecule has 0 aromatic heterocycles. The molecule has 0 spiro atoms. The lowest BCUT2D eigenvalue weighted by molar-refractivity contribution is -0.152. The van der Waals surface area contributed by atoms with Crippen molar-refractivity contribution in [3.63, 3.8) is 0 Å². The van der Waals surface area contributed by atoms with Crippen molar-refractivity contribution in [2.45, 2.75) is 44.4 Å². The predicted octanol–water partition coefficient (Wildman–Crippen LogP) is 2.17. The summed E-state index contributed by atoms with van der Waals surface area (Å²) in [6.45, 7) is 3.52. The summed E-state index contributed by atoms with van der Waals surface area (Å²) in [5.41, 5.74) is 0.175. The molecular weight excluding hydrogens is 404 g/mol. The summed E-state index contributed by atoms with van der Waals surface area (Å²) in [7, 11) is -1.90. The van der Waals surface area contributed by atoms with Crippen molar-refractivity contribution in [2.75, 3.05) is 39.0 Å². The highest BCUT2D eigenvalue weighted by Crippen LogP contribution is 2.37. The first kappa shape index (κ1) is 22.7. The maximum Gasteiger partial charge on any atom is 0.316 e. The number of amides is 1. The molecule has 8 heteroatoms. The van der Waals surface area contributed by atoms with Crippen LogP contribution in [0, 0.1) is 5.92 Å². The van der Waals surface area contributed by atoms with Gasteiger partial charge in [0.05, 0.1) is 24.2 Å². The molecule has 1 unspecified atom stereocenters. The lowest BCUT2D eigenvalue weighted by Gasteiger charge is -2.42. The van der Waals surface area contributed by atoms with Gasteiger partial charge in [0.2, 0.25) is 15.9 Å². The number of hydrogen-bond donors (Lipinski definition) is 0. The number of benzene rings is 1. The van der Waals surface area contributed by atoms with E-state index in [-0.39, 0.29) is 30.1 Å². The largest absolute Gasteiger partial charge is 0.468 e. The molecule has 166 valence electrons. The van der Waals surface area contributed by atoms with Gasteiger partial charge in [-0.25, -0.2) is 12.7 Å². The van der Waals surface area contributed by atoms with Gasteiger partial charge in [0, 0.05) is 26.2 Å². The number of carbonyl (C=O) groups is 2. The van der Waals surface area contributed by atoms with Crippen molar-refractivity contribution in [3.05, 3.63) is 35.9 Å². The molecule has 2 fully saturated rings. The number of nitrogens with zero attached hydrogens (tertiary/aromatic N) is 2. The van der Waals surface area contributed by atoms with E-state index in [1.807, 2.05) is 37.3 Å². The molecule has 0 radical (unpaired) electrons. The van der Waals surface area contributed by atoms with Crippen LogP contribution >= 0.6 is 0 Å². The monoisotopic (exact) mass is 436 g/mol. The number of carbonyl (C=O) groups excluding carboxylic acids is 2. The summed E-state index contributed by atoms with van der Waals surface area (Å²) in [5, 5.41) is 0. The fraction of sp³-hybridized carbons (Fsp3) is 0.636. The van der Waals surface area contributed by atoms with Crippen molar-refractivity contribution in [1.82, 2.24) is 9.21 Å². The number of sulfonamides is 1. The first-order chi connectivity index (χ1) is 14.3. The third-order valence-electron chi connectivity index (χ3n) is 6.42. The van der Waals surface area contributed by atoms with E-state index < -0.39 is 15.4 Å². The van der Waals surface area contributed by atoms with Gasteiger partial charge in [-0.2, -0.15) is 0 Å². The minimum atomic E-state index is -3.30. The Morgan fingerprint density at radius 3 is 2.40 bits per heavy atom. The minimum Gasteiger partial charge on any atom is -0.468 e. The maximum absolute atomic E-state index is 13.2. The molecule has 2 heterocycles. The average Bonchev–Trinajstić information content (AvgIpc) is 2.78. The van der Waals surface area contributed by atoms with Gasteiger partial charge in [0.15, 0.2) is 0 Å². The molecule has 30 heavy (non-hydrogen) atoms. The Morgan fingerprint density at radius 1 is 1.13 bits per heavy atom. The zero-order chi connectivity index (χ0) is 21.8. The second kappa shape index (κ2) is 9.47. The molecule has 1 atom stereocenters. The molecular formula is C22H32N2O5S. The van der Waals surface area contributed by atoms with Gasteiger partial charge in [-0.1, -0.05) is 37.3 Å². The molecule has 3 rings (SSSR count). The smallest absolute Gasteiger partial charge is 0.316 e. The summed E-state index contributed by atoms with van der Waals surface area (Å²) in [4.78, 5) is 27.6. The van der Waals surface area contributed by atoms with Crippen LogP contribution in [0.3, 0.4) is 0 Å². The minimum absolute atomic E-state index is 0.00192. The summed E-state index contributed by atoms with van der Waals surface area (Å²) in [6, 6.07) is 9.60. The molecule has 1 aromatic carbocycles. The van der Waals surface area contributed by atoms with Crippen LogP contribution in [0.4, 0.5) is 0 Å². The maximum atomic E-state index is 13.2. The van der Waals surface area contributed by atoms with Crippen molar-refractivity contribution in [3.8, 4) is 0 Å². The number of rotatable bonds is 6. The second-order valence-electron chi connectivity index (χ2n) is 8.28. The van der Waals surface area contributed by atoms with E-state index >= 15 is 0 Å². The Hall–Kier alpha value is -1.93. The molecule has 2 aliphatic heterocycles. The molecule has 0 aliphatic carbocycles. The number of piperidine rings is 2. The number of likely N-dealkylation sites (tertiary alicyclic amines) is 1.